The van der Waals surface area contributed by atoms with Crippen LogP contribution in [0.25, 0.3) is 11.4 Å². The average molecular weight is 346 g/mol. The SMILES string of the molecule is COc1cccc(CSc2nnc(-c3ccc(Cl)cc3)n2C)c1. The van der Waals surface area contributed by atoms with Gasteiger partial charge in [-0.2, -0.15) is 0 Å². The number of rotatable bonds is 5. The predicted octanol–water partition coefficient (Wildman–Crippen LogP) is 4.44. The molecular formula is C17H16ClN3OS. The second kappa shape index (κ2) is 7.06. The summed E-state index contributed by atoms with van der Waals surface area (Å²) in [6, 6.07) is 15.6. The highest BCUT2D eigenvalue weighted by Crippen LogP contribution is 2.26. The van der Waals surface area contributed by atoms with E-state index in [2.05, 4.69) is 16.3 Å². The van der Waals surface area contributed by atoms with E-state index in [9.17, 15) is 0 Å². The fourth-order valence-corrected chi connectivity index (χ4v) is 3.18. The lowest BCUT2D eigenvalue weighted by Gasteiger charge is -2.05. The minimum atomic E-state index is 0.712. The molecule has 1 heterocycles. The molecule has 0 spiro atoms. The first-order valence-electron chi connectivity index (χ1n) is 7.08. The smallest absolute Gasteiger partial charge is 0.191 e. The Kier molecular flexibility index (Phi) is 4.88. The van der Waals surface area contributed by atoms with E-state index >= 15 is 0 Å². The van der Waals surface area contributed by atoms with Crippen LogP contribution in [0.3, 0.4) is 0 Å². The van der Waals surface area contributed by atoms with Gasteiger partial charge in [0.1, 0.15) is 5.75 Å². The highest BCUT2D eigenvalue weighted by atomic mass is 35.5. The van der Waals surface area contributed by atoms with Crippen molar-refractivity contribution in [1.82, 2.24) is 14.8 Å². The van der Waals surface area contributed by atoms with Crippen LogP contribution >= 0.6 is 23.4 Å². The third-order valence-corrected chi connectivity index (χ3v) is 4.78. The van der Waals surface area contributed by atoms with Crippen molar-refractivity contribution >= 4 is 23.4 Å². The first-order valence-corrected chi connectivity index (χ1v) is 8.45. The van der Waals surface area contributed by atoms with Gasteiger partial charge in [-0.25, -0.2) is 0 Å². The molecule has 23 heavy (non-hydrogen) atoms. The molecule has 118 valence electrons. The summed E-state index contributed by atoms with van der Waals surface area (Å²) in [5.41, 5.74) is 2.18. The molecular weight excluding hydrogens is 330 g/mol. The maximum Gasteiger partial charge on any atom is 0.191 e. The zero-order valence-corrected chi connectivity index (χ0v) is 14.4. The van der Waals surface area contributed by atoms with E-state index < -0.39 is 0 Å². The maximum atomic E-state index is 5.93. The number of thioether (sulfide) groups is 1. The number of nitrogens with zero attached hydrogens (tertiary/aromatic N) is 3. The molecule has 3 aromatic rings. The third-order valence-electron chi connectivity index (χ3n) is 3.44. The molecule has 6 heteroatoms. The normalized spacial score (nSPS) is 10.7. The molecule has 0 bridgehead atoms. The number of hydrogen-bond acceptors (Lipinski definition) is 4. The van der Waals surface area contributed by atoms with Crippen molar-refractivity contribution in [2.45, 2.75) is 10.9 Å². The molecule has 2 aromatic carbocycles. The summed E-state index contributed by atoms with van der Waals surface area (Å²) in [6.07, 6.45) is 0. The fraction of sp³-hybridized carbons (Fsp3) is 0.176. The van der Waals surface area contributed by atoms with Gasteiger partial charge in [0.15, 0.2) is 11.0 Å². The van der Waals surface area contributed by atoms with Gasteiger partial charge in [0, 0.05) is 23.4 Å². The molecule has 0 radical (unpaired) electrons. The van der Waals surface area contributed by atoms with Crippen LogP contribution in [0.15, 0.2) is 53.7 Å². The zero-order chi connectivity index (χ0) is 16.2. The van der Waals surface area contributed by atoms with Gasteiger partial charge in [-0.3, -0.25) is 0 Å². The Labute approximate surface area is 144 Å². The molecule has 0 aliphatic rings. The van der Waals surface area contributed by atoms with E-state index in [0.29, 0.717) is 5.02 Å². The van der Waals surface area contributed by atoms with Crippen molar-refractivity contribution in [2.75, 3.05) is 7.11 Å². The molecule has 0 unspecified atom stereocenters. The molecule has 0 aliphatic carbocycles. The Bertz CT molecular complexity index is 802. The van der Waals surface area contributed by atoms with Gasteiger partial charge in [-0.1, -0.05) is 35.5 Å². The summed E-state index contributed by atoms with van der Waals surface area (Å²) >= 11 is 7.57. The minimum Gasteiger partial charge on any atom is -0.497 e. The average Bonchev–Trinajstić information content (AvgIpc) is 2.95. The molecule has 0 saturated carbocycles. The Morgan fingerprint density at radius 2 is 1.91 bits per heavy atom. The Morgan fingerprint density at radius 3 is 2.65 bits per heavy atom. The van der Waals surface area contributed by atoms with E-state index in [1.807, 2.05) is 54.1 Å². The highest BCUT2D eigenvalue weighted by Gasteiger charge is 2.11. The summed E-state index contributed by atoms with van der Waals surface area (Å²) in [5, 5.41) is 10.2. The van der Waals surface area contributed by atoms with Crippen molar-refractivity contribution in [3.05, 3.63) is 59.1 Å². The second-order valence-corrected chi connectivity index (χ2v) is 6.39. The van der Waals surface area contributed by atoms with Crippen LogP contribution in [0, 0.1) is 0 Å². The number of methoxy groups -OCH3 is 1. The first kappa shape index (κ1) is 15.9. The largest absolute Gasteiger partial charge is 0.497 e. The van der Waals surface area contributed by atoms with Crippen LogP contribution in [-0.2, 0) is 12.8 Å². The van der Waals surface area contributed by atoms with Crippen LogP contribution in [-0.4, -0.2) is 21.9 Å². The van der Waals surface area contributed by atoms with Crippen molar-refractivity contribution in [1.29, 1.82) is 0 Å². The van der Waals surface area contributed by atoms with E-state index in [4.69, 9.17) is 16.3 Å². The summed E-state index contributed by atoms with van der Waals surface area (Å²) in [6.45, 7) is 0. The molecule has 0 N–H and O–H groups in total. The molecule has 4 nitrogen and oxygen atoms in total. The quantitative estimate of drug-likeness (QED) is 0.641. The molecule has 1 aromatic heterocycles. The van der Waals surface area contributed by atoms with E-state index in [-0.39, 0.29) is 0 Å². The lowest BCUT2D eigenvalue weighted by Crippen LogP contribution is -1.95. The zero-order valence-electron chi connectivity index (χ0n) is 12.9. The molecule has 0 amide bonds. The Morgan fingerprint density at radius 1 is 1.13 bits per heavy atom. The molecule has 0 atom stereocenters. The maximum absolute atomic E-state index is 5.93. The number of ether oxygens (including phenoxy) is 1. The molecule has 3 rings (SSSR count). The van der Waals surface area contributed by atoms with Crippen molar-refractivity contribution in [2.24, 2.45) is 7.05 Å². The third kappa shape index (κ3) is 3.68. The van der Waals surface area contributed by atoms with E-state index in [1.54, 1.807) is 18.9 Å². The molecule has 0 aliphatic heterocycles. The standard InChI is InChI=1S/C17H16ClN3OS/c1-21-16(13-6-8-14(18)9-7-13)19-20-17(21)23-11-12-4-3-5-15(10-12)22-2/h3-10H,11H2,1-2H3. The first-order chi connectivity index (χ1) is 11.2. The molecule has 0 fully saturated rings. The van der Waals surface area contributed by atoms with E-state index in [1.165, 1.54) is 5.56 Å². The summed E-state index contributed by atoms with van der Waals surface area (Å²) < 4.78 is 7.24. The summed E-state index contributed by atoms with van der Waals surface area (Å²) in [5.74, 6) is 2.50. The lowest BCUT2D eigenvalue weighted by molar-refractivity contribution is 0.414. The van der Waals surface area contributed by atoms with Crippen LogP contribution < -0.4 is 4.74 Å². The molecule has 0 saturated heterocycles. The van der Waals surface area contributed by atoms with Gasteiger partial charge in [-0.15, -0.1) is 10.2 Å². The van der Waals surface area contributed by atoms with E-state index in [0.717, 1.165) is 28.0 Å². The fourth-order valence-electron chi connectivity index (χ4n) is 2.20. The van der Waals surface area contributed by atoms with Crippen LogP contribution in [0.1, 0.15) is 5.56 Å². The van der Waals surface area contributed by atoms with Crippen molar-refractivity contribution in [3.63, 3.8) is 0 Å². The van der Waals surface area contributed by atoms with Crippen molar-refractivity contribution < 1.29 is 4.74 Å². The van der Waals surface area contributed by atoms with Gasteiger partial charge >= 0.3 is 0 Å². The van der Waals surface area contributed by atoms with Crippen LogP contribution in [0.2, 0.25) is 5.02 Å². The topological polar surface area (TPSA) is 39.9 Å². The highest BCUT2D eigenvalue weighted by molar-refractivity contribution is 7.98. The summed E-state index contributed by atoms with van der Waals surface area (Å²) in [4.78, 5) is 0. The number of aromatic nitrogens is 3. The van der Waals surface area contributed by atoms with Gasteiger partial charge in [0.25, 0.3) is 0 Å². The lowest BCUT2D eigenvalue weighted by atomic mass is 10.2. The minimum absolute atomic E-state index is 0.712. The van der Waals surface area contributed by atoms with Crippen molar-refractivity contribution in [3.8, 4) is 17.1 Å². The number of halogens is 1. The number of benzene rings is 2. The summed E-state index contributed by atoms with van der Waals surface area (Å²) in [7, 11) is 3.64. The second-order valence-electron chi connectivity index (χ2n) is 5.01. The Balaban J connectivity index is 1.75. The predicted molar refractivity (Wildman–Crippen MR) is 94.0 cm³/mol. The van der Waals surface area contributed by atoms with Gasteiger partial charge in [-0.05, 0) is 42.0 Å². The van der Waals surface area contributed by atoms with Gasteiger partial charge in [0.2, 0.25) is 0 Å². The Hall–Kier alpha value is -1.98. The van der Waals surface area contributed by atoms with Gasteiger partial charge < -0.3 is 9.30 Å². The van der Waals surface area contributed by atoms with Gasteiger partial charge in [0.05, 0.1) is 7.11 Å². The number of hydrogen-bond donors (Lipinski definition) is 0. The van der Waals surface area contributed by atoms with Crippen LogP contribution in [0.4, 0.5) is 0 Å². The van der Waals surface area contributed by atoms with Crippen LogP contribution in [0.5, 0.6) is 5.75 Å². The monoisotopic (exact) mass is 345 g/mol.